The molecule has 5 heteroatoms. The second-order valence-electron chi connectivity index (χ2n) is 2.98. The molecule has 0 aromatic heterocycles. The summed E-state index contributed by atoms with van der Waals surface area (Å²) < 4.78 is 30.6. The summed E-state index contributed by atoms with van der Waals surface area (Å²) in [6, 6.07) is 2.88. The smallest absolute Gasteiger partial charge is 0.314 e. The van der Waals surface area contributed by atoms with Crippen LogP contribution in [0, 0.1) is 11.6 Å². The predicted molar refractivity (Wildman–Crippen MR) is 50.2 cm³/mol. The van der Waals surface area contributed by atoms with Crippen LogP contribution in [0.15, 0.2) is 18.2 Å². The number of halogens is 2. The van der Waals surface area contributed by atoms with Crippen LogP contribution in [-0.2, 0) is 9.53 Å². The molecule has 0 fully saturated rings. The minimum atomic E-state index is -0.967. The lowest BCUT2D eigenvalue weighted by atomic mass is 9.99. The zero-order chi connectivity index (χ0) is 11.4. The lowest BCUT2D eigenvalue weighted by Gasteiger charge is -2.13. The second-order valence-corrected chi connectivity index (χ2v) is 2.98. The van der Waals surface area contributed by atoms with E-state index in [1.807, 2.05) is 0 Å². The SMILES string of the molecule is COC(=O)C(CN)c1cc(F)ccc1F. The Labute approximate surface area is 85.8 Å². The molecule has 0 aliphatic heterocycles. The maximum atomic E-state index is 13.3. The van der Waals surface area contributed by atoms with Gasteiger partial charge in [0.1, 0.15) is 11.6 Å². The van der Waals surface area contributed by atoms with Gasteiger partial charge in [-0.25, -0.2) is 8.78 Å². The number of carbonyl (C=O) groups excluding carboxylic acids is 1. The van der Waals surface area contributed by atoms with Gasteiger partial charge in [0.05, 0.1) is 13.0 Å². The number of carbonyl (C=O) groups is 1. The van der Waals surface area contributed by atoms with Gasteiger partial charge < -0.3 is 10.5 Å². The third-order valence-electron chi connectivity index (χ3n) is 2.05. The largest absolute Gasteiger partial charge is 0.469 e. The van der Waals surface area contributed by atoms with E-state index in [0.29, 0.717) is 0 Å². The molecule has 1 aromatic rings. The molecule has 2 N–H and O–H groups in total. The Kier molecular flexibility index (Phi) is 3.74. The number of ether oxygens (including phenoxy) is 1. The summed E-state index contributed by atoms with van der Waals surface area (Å²) in [5.41, 5.74) is 5.23. The van der Waals surface area contributed by atoms with Gasteiger partial charge >= 0.3 is 5.97 Å². The monoisotopic (exact) mass is 215 g/mol. The van der Waals surface area contributed by atoms with E-state index in [2.05, 4.69) is 4.74 Å². The van der Waals surface area contributed by atoms with Crippen LogP contribution < -0.4 is 5.73 Å². The van der Waals surface area contributed by atoms with E-state index in [1.165, 1.54) is 7.11 Å². The Hall–Kier alpha value is -1.49. The number of hydrogen-bond acceptors (Lipinski definition) is 3. The van der Waals surface area contributed by atoms with E-state index in [9.17, 15) is 13.6 Å². The van der Waals surface area contributed by atoms with Crippen molar-refractivity contribution in [2.75, 3.05) is 13.7 Å². The minimum absolute atomic E-state index is 0.0793. The number of benzene rings is 1. The number of rotatable bonds is 3. The van der Waals surface area contributed by atoms with Gasteiger partial charge in [-0.2, -0.15) is 0 Å². The summed E-state index contributed by atoms with van der Waals surface area (Å²) in [5.74, 6) is -2.93. The number of hydrogen-bond donors (Lipinski definition) is 1. The van der Waals surface area contributed by atoms with Gasteiger partial charge in [0.15, 0.2) is 0 Å². The van der Waals surface area contributed by atoms with E-state index < -0.39 is 23.5 Å². The van der Waals surface area contributed by atoms with Gasteiger partial charge in [0, 0.05) is 12.1 Å². The number of methoxy groups -OCH3 is 1. The van der Waals surface area contributed by atoms with Crippen molar-refractivity contribution in [3.63, 3.8) is 0 Å². The molecular weight excluding hydrogens is 204 g/mol. The molecule has 0 bridgehead atoms. The molecule has 1 rings (SSSR count). The first-order chi connectivity index (χ1) is 7.10. The summed E-state index contributed by atoms with van der Waals surface area (Å²) >= 11 is 0. The highest BCUT2D eigenvalue weighted by molar-refractivity contribution is 5.78. The van der Waals surface area contributed by atoms with Crippen molar-refractivity contribution in [2.24, 2.45) is 5.73 Å². The fourth-order valence-electron chi connectivity index (χ4n) is 1.27. The Morgan fingerprint density at radius 1 is 1.53 bits per heavy atom. The Morgan fingerprint density at radius 3 is 2.73 bits per heavy atom. The molecule has 1 aromatic carbocycles. The molecule has 0 saturated carbocycles. The van der Waals surface area contributed by atoms with Gasteiger partial charge in [0.2, 0.25) is 0 Å². The molecule has 0 aliphatic rings. The van der Waals surface area contributed by atoms with Crippen LogP contribution in [0.1, 0.15) is 11.5 Å². The van der Waals surface area contributed by atoms with Gasteiger partial charge in [0.25, 0.3) is 0 Å². The Balaban J connectivity index is 3.11. The summed E-state index contributed by atoms with van der Waals surface area (Å²) in [6.45, 7) is -0.132. The van der Waals surface area contributed by atoms with Gasteiger partial charge in [-0.15, -0.1) is 0 Å². The number of nitrogens with two attached hydrogens (primary N) is 1. The van der Waals surface area contributed by atoms with Crippen molar-refractivity contribution in [1.82, 2.24) is 0 Å². The molecule has 0 saturated heterocycles. The summed E-state index contributed by atoms with van der Waals surface area (Å²) in [5, 5.41) is 0. The van der Waals surface area contributed by atoms with E-state index in [1.54, 1.807) is 0 Å². The van der Waals surface area contributed by atoms with Crippen molar-refractivity contribution < 1.29 is 18.3 Å². The average Bonchev–Trinajstić information content (AvgIpc) is 2.23. The highest BCUT2D eigenvalue weighted by atomic mass is 19.1. The van der Waals surface area contributed by atoms with Crippen molar-refractivity contribution in [2.45, 2.75) is 5.92 Å². The molecule has 0 heterocycles. The zero-order valence-corrected chi connectivity index (χ0v) is 8.17. The molecule has 1 atom stereocenters. The maximum absolute atomic E-state index is 13.3. The topological polar surface area (TPSA) is 52.3 Å². The average molecular weight is 215 g/mol. The first kappa shape index (κ1) is 11.6. The van der Waals surface area contributed by atoms with E-state index >= 15 is 0 Å². The fourth-order valence-corrected chi connectivity index (χ4v) is 1.27. The second kappa shape index (κ2) is 4.84. The molecule has 0 aliphatic carbocycles. The number of esters is 1. The first-order valence-electron chi connectivity index (χ1n) is 4.33. The minimum Gasteiger partial charge on any atom is -0.469 e. The van der Waals surface area contributed by atoms with Gasteiger partial charge in [-0.3, -0.25) is 4.79 Å². The standard InChI is InChI=1S/C10H11F2NO2/c1-15-10(14)8(5-13)7-4-6(11)2-3-9(7)12/h2-4,8H,5,13H2,1H3. The van der Waals surface area contributed by atoms with Gasteiger partial charge in [-0.1, -0.05) is 0 Å². The lowest BCUT2D eigenvalue weighted by molar-refractivity contribution is -0.142. The molecule has 82 valence electrons. The van der Waals surface area contributed by atoms with Crippen molar-refractivity contribution in [3.8, 4) is 0 Å². The van der Waals surface area contributed by atoms with Crippen LogP contribution in [0.4, 0.5) is 8.78 Å². The highest BCUT2D eigenvalue weighted by Gasteiger charge is 2.23. The normalized spacial score (nSPS) is 12.3. The lowest BCUT2D eigenvalue weighted by Crippen LogP contribution is -2.23. The molecule has 0 spiro atoms. The van der Waals surface area contributed by atoms with Crippen molar-refractivity contribution in [1.29, 1.82) is 0 Å². The first-order valence-corrected chi connectivity index (χ1v) is 4.33. The zero-order valence-electron chi connectivity index (χ0n) is 8.17. The Morgan fingerprint density at radius 2 is 2.20 bits per heavy atom. The molecule has 0 radical (unpaired) electrons. The van der Waals surface area contributed by atoms with Crippen LogP contribution in [0.5, 0.6) is 0 Å². The van der Waals surface area contributed by atoms with E-state index in [4.69, 9.17) is 5.73 Å². The summed E-state index contributed by atoms with van der Waals surface area (Å²) in [7, 11) is 1.17. The molecule has 1 unspecified atom stereocenters. The third kappa shape index (κ3) is 2.50. The van der Waals surface area contributed by atoms with Crippen LogP contribution in [-0.4, -0.2) is 19.6 Å². The molecule has 0 amide bonds. The third-order valence-corrected chi connectivity index (χ3v) is 2.05. The van der Waals surface area contributed by atoms with Crippen LogP contribution in [0.2, 0.25) is 0 Å². The van der Waals surface area contributed by atoms with E-state index in [0.717, 1.165) is 18.2 Å². The Bertz CT molecular complexity index is 368. The highest BCUT2D eigenvalue weighted by Crippen LogP contribution is 2.20. The molecule has 15 heavy (non-hydrogen) atoms. The maximum Gasteiger partial charge on any atom is 0.314 e. The summed E-state index contributed by atoms with van der Waals surface area (Å²) in [6.07, 6.45) is 0. The fraction of sp³-hybridized carbons (Fsp3) is 0.300. The van der Waals surface area contributed by atoms with Crippen LogP contribution in [0.3, 0.4) is 0 Å². The quantitative estimate of drug-likeness (QED) is 0.770. The van der Waals surface area contributed by atoms with Crippen LogP contribution >= 0.6 is 0 Å². The summed E-state index contributed by atoms with van der Waals surface area (Å²) in [4.78, 5) is 11.2. The van der Waals surface area contributed by atoms with Gasteiger partial charge in [-0.05, 0) is 18.2 Å². The van der Waals surface area contributed by atoms with Crippen LogP contribution in [0.25, 0.3) is 0 Å². The van der Waals surface area contributed by atoms with Crippen molar-refractivity contribution in [3.05, 3.63) is 35.4 Å². The van der Waals surface area contributed by atoms with Crippen molar-refractivity contribution >= 4 is 5.97 Å². The molecular formula is C10H11F2NO2. The predicted octanol–water partition coefficient (Wildman–Crippen LogP) is 1.18. The molecule has 3 nitrogen and oxygen atoms in total. The van der Waals surface area contributed by atoms with E-state index in [-0.39, 0.29) is 12.1 Å².